The van der Waals surface area contributed by atoms with Gasteiger partial charge in [-0.25, -0.2) is 9.98 Å². The largest absolute Gasteiger partial charge is 0.417 e. The number of carbonyl (C=O) groups is 1. The van der Waals surface area contributed by atoms with E-state index >= 15 is 0 Å². The number of hydrogen-bond donors (Lipinski definition) is 3. The van der Waals surface area contributed by atoms with Crippen LogP contribution in [0.15, 0.2) is 76.3 Å². The summed E-state index contributed by atoms with van der Waals surface area (Å²) in [5, 5.41) is 23.5. The predicted octanol–water partition coefficient (Wildman–Crippen LogP) is 4.34. The van der Waals surface area contributed by atoms with Crippen LogP contribution < -0.4 is 15.5 Å². The lowest BCUT2D eigenvalue weighted by molar-refractivity contribution is -0.137. The van der Waals surface area contributed by atoms with Crippen LogP contribution in [0.4, 0.5) is 30.6 Å². The first-order chi connectivity index (χ1) is 19.8. The van der Waals surface area contributed by atoms with E-state index in [1.54, 1.807) is 17.0 Å². The molecule has 13 heteroatoms. The molecule has 10 nitrogen and oxygen atoms in total. The quantitative estimate of drug-likeness (QED) is 0.327. The molecule has 41 heavy (non-hydrogen) atoms. The summed E-state index contributed by atoms with van der Waals surface area (Å²) in [7, 11) is 0. The van der Waals surface area contributed by atoms with E-state index in [-0.39, 0.29) is 23.3 Å². The van der Waals surface area contributed by atoms with Gasteiger partial charge in [-0.3, -0.25) is 4.79 Å². The monoisotopic (exact) mass is 563 g/mol. The van der Waals surface area contributed by atoms with E-state index in [4.69, 9.17) is 4.42 Å². The van der Waals surface area contributed by atoms with Crippen LogP contribution in [-0.2, 0) is 11.0 Å². The first-order valence-electron chi connectivity index (χ1n) is 12.9. The molecule has 1 saturated heterocycles. The number of aliphatic hydroxyl groups is 1. The number of rotatable bonds is 5. The molecule has 210 valence electrons. The maximum Gasteiger partial charge on any atom is 0.417 e. The van der Waals surface area contributed by atoms with Crippen molar-refractivity contribution in [3.63, 3.8) is 0 Å². The van der Waals surface area contributed by atoms with E-state index in [1.807, 2.05) is 42.5 Å². The zero-order chi connectivity index (χ0) is 28.6. The molecule has 0 bridgehead atoms. The van der Waals surface area contributed by atoms with Crippen LogP contribution in [0.2, 0.25) is 0 Å². The van der Waals surface area contributed by atoms with E-state index < -0.39 is 29.9 Å². The molecule has 0 radical (unpaired) electrons. The molecular formula is C28H24F3N7O3. The first-order valence-corrected chi connectivity index (χ1v) is 12.9. The van der Waals surface area contributed by atoms with Crippen LogP contribution in [0.5, 0.6) is 0 Å². The number of amides is 1. The highest BCUT2D eigenvalue weighted by Gasteiger charge is 2.34. The Morgan fingerprint density at radius 3 is 2.51 bits per heavy atom. The van der Waals surface area contributed by atoms with Crippen molar-refractivity contribution in [2.45, 2.75) is 31.3 Å². The van der Waals surface area contributed by atoms with E-state index in [0.29, 0.717) is 43.5 Å². The minimum atomic E-state index is -4.60. The number of aromatic nitrogens is 3. The van der Waals surface area contributed by atoms with Crippen LogP contribution in [0.25, 0.3) is 11.6 Å². The van der Waals surface area contributed by atoms with Crippen molar-refractivity contribution in [1.82, 2.24) is 15.2 Å². The summed E-state index contributed by atoms with van der Waals surface area (Å²) in [6.07, 6.45) is -4.78. The van der Waals surface area contributed by atoms with Crippen molar-refractivity contribution < 1.29 is 27.5 Å². The molecule has 6 rings (SSSR count). The maximum absolute atomic E-state index is 13.5. The molecule has 1 atom stereocenters. The molecule has 0 aliphatic carbocycles. The Bertz CT molecular complexity index is 1600. The highest BCUT2D eigenvalue weighted by Crippen LogP contribution is 2.37. The summed E-state index contributed by atoms with van der Waals surface area (Å²) < 4.78 is 46.3. The number of aliphatic hydroxyl groups excluding tert-OH is 1. The van der Waals surface area contributed by atoms with Crippen molar-refractivity contribution in [3.8, 4) is 11.6 Å². The molecule has 2 aliphatic rings. The van der Waals surface area contributed by atoms with Crippen molar-refractivity contribution in [2.24, 2.45) is 4.99 Å². The third-order valence-electron chi connectivity index (χ3n) is 6.88. The Balaban J connectivity index is 1.33. The lowest BCUT2D eigenvalue weighted by Crippen LogP contribution is -2.36. The summed E-state index contributed by atoms with van der Waals surface area (Å²) in [5.41, 5.74) is 1.97. The van der Waals surface area contributed by atoms with Gasteiger partial charge in [0.25, 0.3) is 11.8 Å². The van der Waals surface area contributed by atoms with Gasteiger partial charge in [-0.05, 0) is 25.0 Å². The van der Waals surface area contributed by atoms with Gasteiger partial charge in [-0.2, -0.15) is 13.2 Å². The number of alkyl halides is 3. The van der Waals surface area contributed by atoms with Gasteiger partial charge >= 0.3 is 12.2 Å². The lowest BCUT2D eigenvalue weighted by Gasteiger charge is -2.32. The molecule has 1 fully saturated rings. The number of fused-ring (bicyclic) bond motifs is 1. The van der Waals surface area contributed by atoms with E-state index in [9.17, 15) is 23.1 Å². The molecule has 0 spiro atoms. The summed E-state index contributed by atoms with van der Waals surface area (Å²) in [6.45, 7) is 0.659. The number of piperidine rings is 1. The molecular weight excluding hydrogens is 539 g/mol. The fourth-order valence-corrected chi connectivity index (χ4v) is 4.80. The topological polar surface area (TPSA) is 129 Å². The van der Waals surface area contributed by atoms with Crippen LogP contribution >= 0.6 is 0 Å². The zero-order valence-corrected chi connectivity index (χ0v) is 21.5. The molecule has 1 amide bonds. The van der Waals surface area contributed by atoms with Crippen LogP contribution in [-0.4, -0.2) is 57.3 Å². The van der Waals surface area contributed by atoms with E-state index in [2.05, 4.69) is 30.8 Å². The van der Waals surface area contributed by atoms with Crippen molar-refractivity contribution >= 4 is 29.0 Å². The van der Waals surface area contributed by atoms with Crippen LogP contribution in [0, 0.1) is 0 Å². The number of benzene rings is 2. The minimum absolute atomic E-state index is 0.0566. The number of aliphatic imine (C=N–C) groups is 1. The molecule has 0 unspecified atom stereocenters. The Hall–Kier alpha value is -4.78. The number of anilines is 3. The molecule has 4 aromatic rings. The molecule has 4 heterocycles. The molecule has 3 N–H and O–H groups in total. The van der Waals surface area contributed by atoms with Gasteiger partial charge in [0.05, 0.1) is 28.8 Å². The van der Waals surface area contributed by atoms with E-state index in [1.165, 1.54) is 0 Å². The molecule has 0 saturated carbocycles. The van der Waals surface area contributed by atoms with Gasteiger partial charge in [0.2, 0.25) is 6.17 Å². The van der Waals surface area contributed by atoms with E-state index in [0.717, 1.165) is 17.2 Å². The fourth-order valence-electron chi connectivity index (χ4n) is 4.80. The highest BCUT2D eigenvalue weighted by atomic mass is 19.4. The summed E-state index contributed by atoms with van der Waals surface area (Å²) in [6, 6.07) is 17.5. The van der Waals surface area contributed by atoms with Gasteiger partial charge < -0.3 is 25.1 Å². The summed E-state index contributed by atoms with van der Waals surface area (Å²) in [4.78, 5) is 23.5. The Kier molecular flexibility index (Phi) is 6.87. The number of halogens is 3. The first kappa shape index (κ1) is 26.4. The smallest absolute Gasteiger partial charge is 0.402 e. The zero-order valence-electron chi connectivity index (χ0n) is 21.5. The second-order valence-corrected chi connectivity index (χ2v) is 9.65. The second kappa shape index (κ2) is 10.7. The number of carbonyl (C=O) groups excluding carboxylic acids is 1. The van der Waals surface area contributed by atoms with Gasteiger partial charge in [-0.15, -0.1) is 5.10 Å². The number of para-hydroxylation sites is 1. The number of benzodiazepines with no additional fused rings is 1. The molecule has 2 aromatic heterocycles. The van der Waals surface area contributed by atoms with Gasteiger partial charge in [0, 0.05) is 30.4 Å². The summed E-state index contributed by atoms with van der Waals surface area (Å²) in [5.74, 6) is -0.602. The van der Waals surface area contributed by atoms with Crippen LogP contribution in [0.3, 0.4) is 0 Å². The van der Waals surface area contributed by atoms with Gasteiger partial charge in [0.15, 0.2) is 5.69 Å². The standard InChI is InChI=1S/C28H24F3N7O3/c29-28(30,31)17-14-21(38-12-10-18(39)11-13-38)23(32-15-17)26-36-37-27(41-26)35-24-25(40)33-20-9-5-4-8-19(20)22(34-24)16-6-2-1-3-7-16/h1-9,14-15,18,24,39H,10-13H2,(H,33,40)(H,35,37)/t24-/m1/s1. The average molecular weight is 564 g/mol. The Morgan fingerprint density at radius 1 is 1.02 bits per heavy atom. The fraction of sp³-hybridized carbons (Fsp3) is 0.250. The predicted molar refractivity (Wildman–Crippen MR) is 145 cm³/mol. The minimum Gasteiger partial charge on any atom is -0.402 e. The lowest BCUT2D eigenvalue weighted by atomic mass is 10.0. The molecule has 2 aromatic carbocycles. The van der Waals surface area contributed by atoms with Crippen molar-refractivity contribution in [3.05, 3.63) is 83.6 Å². The number of pyridine rings is 1. The highest BCUT2D eigenvalue weighted by molar-refractivity contribution is 6.19. The van der Waals surface area contributed by atoms with Crippen molar-refractivity contribution in [2.75, 3.05) is 28.6 Å². The van der Waals surface area contributed by atoms with Gasteiger partial charge in [0.1, 0.15) is 0 Å². The Morgan fingerprint density at radius 2 is 1.76 bits per heavy atom. The average Bonchev–Trinajstić information content (AvgIpc) is 3.38. The maximum atomic E-state index is 13.5. The number of hydrogen-bond acceptors (Lipinski definition) is 9. The third-order valence-corrected chi connectivity index (χ3v) is 6.88. The SMILES string of the molecule is O=C1Nc2ccccc2C(c2ccccc2)=N[C@@H]1Nc1nnc(-c2ncc(C(F)(F)F)cc2N2CCC(O)CC2)o1. The molecule has 2 aliphatic heterocycles. The summed E-state index contributed by atoms with van der Waals surface area (Å²) >= 11 is 0. The van der Waals surface area contributed by atoms with Crippen LogP contribution in [0.1, 0.15) is 29.5 Å². The number of nitrogens with one attached hydrogen (secondary N) is 2. The Labute approximate surface area is 232 Å². The second-order valence-electron chi connectivity index (χ2n) is 9.65. The normalized spacial score (nSPS) is 17.9. The third kappa shape index (κ3) is 5.48. The number of nitrogens with zero attached hydrogens (tertiary/aromatic N) is 5. The van der Waals surface area contributed by atoms with Gasteiger partial charge in [-0.1, -0.05) is 53.6 Å². The van der Waals surface area contributed by atoms with Crippen molar-refractivity contribution in [1.29, 1.82) is 0 Å².